The number of amides is 1. The summed E-state index contributed by atoms with van der Waals surface area (Å²) in [5, 5.41) is 14.4. The van der Waals surface area contributed by atoms with Gasteiger partial charge in [0, 0.05) is 6.54 Å². The van der Waals surface area contributed by atoms with E-state index >= 15 is 0 Å². The summed E-state index contributed by atoms with van der Waals surface area (Å²) in [6.45, 7) is 6.10. The lowest BCUT2D eigenvalue weighted by atomic mass is 9.70. The molecule has 0 atom stereocenters. The van der Waals surface area contributed by atoms with Crippen LogP contribution in [0.3, 0.4) is 0 Å². The topological polar surface area (TPSA) is 87.7 Å². The number of carbonyl (C=O) groups is 1. The minimum Gasteiger partial charge on any atom is -0.409 e. The molecule has 0 aromatic heterocycles. The molecule has 1 aliphatic carbocycles. The fourth-order valence-corrected chi connectivity index (χ4v) is 1.71. The van der Waals surface area contributed by atoms with Gasteiger partial charge in [0.25, 0.3) is 0 Å². The highest BCUT2D eigenvalue weighted by Gasteiger charge is 2.36. The summed E-state index contributed by atoms with van der Waals surface area (Å²) in [5.74, 6) is -0.264. The van der Waals surface area contributed by atoms with Crippen molar-refractivity contribution in [3.05, 3.63) is 0 Å². The minimum absolute atomic E-state index is 0.0660. The standard InChI is InChI=1S/C11H21N3O2/c1-10(2,8(12)14-16)9(15)13-7-11(3)5-4-6-11/h16H,4-7H2,1-3H3,(H2,12,14)(H,13,15). The number of hydrogen-bond donors (Lipinski definition) is 3. The second kappa shape index (κ2) is 4.31. The highest BCUT2D eigenvalue weighted by Crippen LogP contribution is 2.39. The van der Waals surface area contributed by atoms with Gasteiger partial charge in [-0.2, -0.15) is 0 Å². The third-order valence-corrected chi connectivity index (χ3v) is 3.55. The number of nitrogens with one attached hydrogen (secondary N) is 1. The lowest BCUT2D eigenvalue weighted by Gasteiger charge is -2.39. The maximum absolute atomic E-state index is 11.9. The maximum Gasteiger partial charge on any atom is 0.233 e. The average molecular weight is 227 g/mol. The van der Waals surface area contributed by atoms with Crippen LogP contribution in [0.5, 0.6) is 0 Å². The van der Waals surface area contributed by atoms with Crippen molar-refractivity contribution < 1.29 is 10.0 Å². The molecule has 1 fully saturated rings. The second-order valence-corrected chi connectivity index (χ2v) is 5.46. The van der Waals surface area contributed by atoms with Crippen LogP contribution in [-0.2, 0) is 4.79 Å². The van der Waals surface area contributed by atoms with Crippen molar-refractivity contribution >= 4 is 11.7 Å². The van der Waals surface area contributed by atoms with Crippen molar-refractivity contribution in [1.29, 1.82) is 0 Å². The van der Waals surface area contributed by atoms with Crippen molar-refractivity contribution in [2.75, 3.05) is 6.54 Å². The van der Waals surface area contributed by atoms with Gasteiger partial charge in [0.05, 0.1) is 0 Å². The number of nitrogens with two attached hydrogens (primary N) is 1. The number of nitrogens with zero attached hydrogens (tertiary/aromatic N) is 1. The minimum atomic E-state index is -0.963. The van der Waals surface area contributed by atoms with E-state index in [4.69, 9.17) is 10.9 Å². The summed E-state index contributed by atoms with van der Waals surface area (Å²) in [6.07, 6.45) is 3.53. The van der Waals surface area contributed by atoms with Crippen LogP contribution < -0.4 is 11.1 Å². The maximum atomic E-state index is 11.9. The van der Waals surface area contributed by atoms with Gasteiger partial charge in [-0.15, -0.1) is 0 Å². The smallest absolute Gasteiger partial charge is 0.233 e. The van der Waals surface area contributed by atoms with Gasteiger partial charge in [0.2, 0.25) is 5.91 Å². The summed E-state index contributed by atoms with van der Waals surface area (Å²) in [4.78, 5) is 11.9. The molecular formula is C11H21N3O2. The SMILES string of the molecule is CC1(CNC(=O)C(C)(C)C(N)=NO)CCC1. The van der Waals surface area contributed by atoms with Crippen LogP contribution in [-0.4, -0.2) is 23.5 Å². The van der Waals surface area contributed by atoms with E-state index in [0.29, 0.717) is 6.54 Å². The van der Waals surface area contributed by atoms with Gasteiger partial charge < -0.3 is 16.3 Å². The number of hydrogen-bond acceptors (Lipinski definition) is 3. The third kappa shape index (κ3) is 2.46. The molecule has 5 nitrogen and oxygen atoms in total. The Morgan fingerprint density at radius 2 is 2.12 bits per heavy atom. The van der Waals surface area contributed by atoms with Gasteiger partial charge in [-0.25, -0.2) is 0 Å². The summed E-state index contributed by atoms with van der Waals surface area (Å²) in [6, 6.07) is 0. The van der Waals surface area contributed by atoms with Crippen LogP contribution in [0.4, 0.5) is 0 Å². The Balaban J connectivity index is 2.51. The van der Waals surface area contributed by atoms with Gasteiger partial charge in [-0.05, 0) is 32.1 Å². The van der Waals surface area contributed by atoms with E-state index in [1.54, 1.807) is 13.8 Å². The van der Waals surface area contributed by atoms with Crippen LogP contribution in [0.1, 0.15) is 40.0 Å². The summed E-state index contributed by atoms with van der Waals surface area (Å²) in [5.41, 5.74) is 4.75. The molecule has 4 N–H and O–H groups in total. The summed E-state index contributed by atoms with van der Waals surface area (Å²) in [7, 11) is 0. The molecule has 0 radical (unpaired) electrons. The first-order chi connectivity index (χ1) is 7.32. The molecule has 0 aromatic rings. The van der Waals surface area contributed by atoms with Crippen LogP contribution in [0.2, 0.25) is 0 Å². The Morgan fingerprint density at radius 1 is 1.56 bits per heavy atom. The fraction of sp³-hybridized carbons (Fsp3) is 0.818. The van der Waals surface area contributed by atoms with Crippen LogP contribution in [0.25, 0.3) is 0 Å². The highest BCUT2D eigenvalue weighted by atomic mass is 16.4. The molecular weight excluding hydrogens is 206 g/mol. The molecule has 0 aromatic carbocycles. The van der Waals surface area contributed by atoms with Gasteiger partial charge in [0.1, 0.15) is 5.41 Å². The molecule has 5 heteroatoms. The number of oxime groups is 1. The van der Waals surface area contributed by atoms with Crippen molar-refractivity contribution in [3.63, 3.8) is 0 Å². The Kier molecular flexibility index (Phi) is 3.45. The molecule has 0 bridgehead atoms. The Bertz CT molecular complexity index is 306. The Labute approximate surface area is 96.1 Å². The van der Waals surface area contributed by atoms with E-state index in [9.17, 15) is 4.79 Å². The summed E-state index contributed by atoms with van der Waals surface area (Å²) >= 11 is 0. The first-order valence-corrected chi connectivity index (χ1v) is 5.58. The molecule has 16 heavy (non-hydrogen) atoms. The van der Waals surface area contributed by atoms with Crippen molar-refractivity contribution in [2.24, 2.45) is 21.7 Å². The first-order valence-electron chi connectivity index (χ1n) is 5.58. The van der Waals surface area contributed by atoms with Crippen LogP contribution in [0.15, 0.2) is 5.16 Å². The third-order valence-electron chi connectivity index (χ3n) is 3.55. The van der Waals surface area contributed by atoms with Gasteiger partial charge >= 0.3 is 0 Å². The van der Waals surface area contributed by atoms with E-state index in [1.165, 1.54) is 6.42 Å². The van der Waals surface area contributed by atoms with Gasteiger partial charge in [0.15, 0.2) is 5.84 Å². The molecule has 0 spiro atoms. The molecule has 92 valence electrons. The Hall–Kier alpha value is -1.26. The zero-order valence-electron chi connectivity index (χ0n) is 10.2. The quantitative estimate of drug-likeness (QED) is 0.290. The molecule has 1 amide bonds. The van der Waals surface area contributed by atoms with Crippen molar-refractivity contribution in [3.8, 4) is 0 Å². The van der Waals surface area contributed by atoms with Crippen LogP contribution >= 0.6 is 0 Å². The normalized spacial score (nSPS) is 20.1. The lowest BCUT2D eigenvalue weighted by molar-refractivity contribution is -0.127. The van der Waals surface area contributed by atoms with Gasteiger partial charge in [-0.1, -0.05) is 18.5 Å². The molecule has 1 aliphatic rings. The monoisotopic (exact) mass is 227 g/mol. The number of rotatable bonds is 4. The highest BCUT2D eigenvalue weighted by molar-refractivity contribution is 6.05. The van der Waals surface area contributed by atoms with E-state index < -0.39 is 5.41 Å². The van der Waals surface area contributed by atoms with E-state index in [1.807, 2.05) is 0 Å². The first kappa shape index (κ1) is 12.8. The molecule has 0 unspecified atom stereocenters. The Morgan fingerprint density at radius 3 is 2.50 bits per heavy atom. The van der Waals surface area contributed by atoms with Crippen molar-refractivity contribution in [2.45, 2.75) is 40.0 Å². The van der Waals surface area contributed by atoms with Gasteiger partial charge in [-0.3, -0.25) is 4.79 Å². The predicted molar refractivity (Wildman–Crippen MR) is 62.2 cm³/mol. The van der Waals surface area contributed by atoms with Crippen LogP contribution in [0, 0.1) is 10.8 Å². The van der Waals surface area contributed by atoms with Crippen molar-refractivity contribution in [1.82, 2.24) is 5.32 Å². The molecule has 0 saturated heterocycles. The number of amidine groups is 1. The zero-order valence-corrected chi connectivity index (χ0v) is 10.2. The largest absolute Gasteiger partial charge is 0.409 e. The molecule has 0 aliphatic heterocycles. The molecule has 1 rings (SSSR count). The second-order valence-electron chi connectivity index (χ2n) is 5.46. The number of carbonyl (C=O) groups excluding carboxylic acids is 1. The molecule has 1 saturated carbocycles. The zero-order chi connectivity index (χ0) is 12.4. The van der Waals surface area contributed by atoms with E-state index in [2.05, 4.69) is 17.4 Å². The van der Waals surface area contributed by atoms with E-state index in [-0.39, 0.29) is 17.2 Å². The lowest BCUT2D eigenvalue weighted by Crippen LogP contribution is -2.49. The fourth-order valence-electron chi connectivity index (χ4n) is 1.71. The predicted octanol–water partition coefficient (Wildman–Crippen LogP) is 1.07. The average Bonchev–Trinajstić information content (AvgIpc) is 2.21. The molecule has 0 heterocycles. The summed E-state index contributed by atoms with van der Waals surface area (Å²) < 4.78 is 0. The van der Waals surface area contributed by atoms with E-state index in [0.717, 1.165) is 12.8 Å².